The summed E-state index contributed by atoms with van der Waals surface area (Å²) in [4.78, 5) is 12.8. The molecule has 0 saturated heterocycles. The number of rotatable bonds is 5. The van der Waals surface area contributed by atoms with Crippen molar-refractivity contribution in [3.05, 3.63) is 102 Å². The van der Waals surface area contributed by atoms with Gasteiger partial charge in [-0.3, -0.25) is 4.79 Å². The third kappa shape index (κ3) is 3.77. The fourth-order valence-electron chi connectivity index (χ4n) is 2.29. The maximum atomic E-state index is 12.8. The molecule has 3 aromatic carbocycles. The van der Waals surface area contributed by atoms with Gasteiger partial charge in [0.2, 0.25) is 0 Å². The van der Waals surface area contributed by atoms with Crippen LogP contribution >= 0.6 is 0 Å². The monoisotopic (exact) mass is 300 g/mol. The largest absolute Gasteiger partial charge is 0.291 e. The minimum Gasteiger partial charge on any atom is -0.291 e. The minimum atomic E-state index is -0.640. The summed E-state index contributed by atoms with van der Waals surface area (Å²) in [6, 6.07) is 27.5. The SMILES string of the molecule is O=C(c1ccccc1)C(N=Nc1ccccc1)c1ccccc1. The summed E-state index contributed by atoms with van der Waals surface area (Å²) < 4.78 is 0. The molecule has 0 spiro atoms. The lowest BCUT2D eigenvalue weighted by molar-refractivity contribution is 0.0960. The Morgan fingerprint density at radius 3 is 1.83 bits per heavy atom. The summed E-state index contributed by atoms with van der Waals surface area (Å²) in [6.07, 6.45) is 0. The van der Waals surface area contributed by atoms with E-state index in [2.05, 4.69) is 10.2 Å². The first-order valence-corrected chi connectivity index (χ1v) is 7.45. The van der Waals surface area contributed by atoms with E-state index >= 15 is 0 Å². The molecule has 3 aromatic rings. The van der Waals surface area contributed by atoms with E-state index in [0.29, 0.717) is 5.56 Å². The Bertz CT molecular complexity index is 784. The highest BCUT2D eigenvalue weighted by Gasteiger charge is 2.21. The van der Waals surface area contributed by atoms with Gasteiger partial charge in [0.15, 0.2) is 11.8 Å². The number of hydrogen-bond donors (Lipinski definition) is 0. The second-order valence-corrected chi connectivity index (χ2v) is 5.09. The Morgan fingerprint density at radius 1 is 0.696 bits per heavy atom. The van der Waals surface area contributed by atoms with Crippen LogP contribution in [0.4, 0.5) is 5.69 Å². The molecule has 3 nitrogen and oxygen atoms in total. The number of carbonyl (C=O) groups is 1. The van der Waals surface area contributed by atoms with Crippen LogP contribution in [0.1, 0.15) is 22.0 Å². The maximum Gasteiger partial charge on any atom is 0.193 e. The normalized spacial score (nSPS) is 12.2. The van der Waals surface area contributed by atoms with E-state index in [4.69, 9.17) is 0 Å². The third-order valence-corrected chi connectivity index (χ3v) is 3.47. The van der Waals surface area contributed by atoms with Crippen LogP contribution in [0, 0.1) is 0 Å². The predicted octanol–water partition coefficient (Wildman–Crippen LogP) is 5.39. The molecule has 3 rings (SSSR count). The number of nitrogens with zero attached hydrogens (tertiary/aromatic N) is 2. The molecule has 112 valence electrons. The van der Waals surface area contributed by atoms with E-state index in [-0.39, 0.29) is 5.78 Å². The van der Waals surface area contributed by atoms with Crippen molar-refractivity contribution in [2.75, 3.05) is 0 Å². The Labute approximate surface area is 135 Å². The number of carbonyl (C=O) groups excluding carboxylic acids is 1. The first-order chi connectivity index (χ1) is 11.3. The topological polar surface area (TPSA) is 41.8 Å². The number of azo groups is 1. The molecule has 0 aromatic heterocycles. The molecule has 0 amide bonds. The molecule has 0 N–H and O–H groups in total. The van der Waals surface area contributed by atoms with Gasteiger partial charge in [-0.25, -0.2) is 0 Å². The van der Waals surface area contributed by atoms with Gasteiger partial charge in [-0.1, -0.05) is 78.9 Å². The smallest absolute Gasteiger partial charge is 0.193 e. The Morgan fingerprint density at radius 2 is 1.22 bits per heavy atom. The predicted molar refractivity (Wildman–Crippen MR) is 90.9 cm³/mol. The highest BCUT2D eigenvalue weighted by atomic mass is 16.1. The van der Waals surface area contributed by atoms with Crippen LogP contribution in [-0.2, 0) is 0 Å². The lowest BCUT2D eigenvalue weighted by Gasteiger charge is -2.10. The van der Waals surface area contributed by atoms with Crippen molar-refractivity contribution in [3.63, 3.8) is 0 Å². The molecule has 0 radical (unpaired) electrons. The molecular weight excluding hydrogens is 284 g/mol. The molecule has 1 atom stereocenters. The van der Waals surface area contributed by atoms with Crippen LogP contribution in [0.5, 0.6) is 0 Å². The quantitative estimate of drug-likeness (QED) is 0.460. The average Bonchev–Trinajstić information content (AvgIpc) is 2.64. The Kier molecular flexibility index (Phi) is 4.69. The van der Waals surface area contributed by atoms with Crippen LogP contribution in [0.2, 0.25) is 0 Å². The van der Waals surface area contributed by atoms with Crippen molar-refractivity contribution >= 4 is 11.5 Å². The van der Waals surface area contributed by atoms with Gasteiger partial charge in [-0.2, -0.15) is 10.2 Å². The fraction of sp³-hybridized carbons (Fsp3) is 0.0500. The lowest BCUT2D eigenvalue weighted by Crippen LogP contribution is -2.10. The van der Waals surface area contributed by atoms with Crippen LogP contribution in [0.25, 0.3) is 0 Å². The molecule has 1 unspecified atom stereocenters. The van der Waals surface area contributed by atoms with Gasteiger partial charge in [0.25, 0.3) is 0 Å². The molecule has 0 bridgehead atoms. The Hall–Kier alpha value is -3.07. The van der Waals surface area contributed by atoms with E-state index in [1.54, 1.807) is 12.1 Å². The fourth-order valence-corrected chi connectivity index (χ4v) is 2.29. The van der Waals surface area contributed by atoms with Crippen molar-refractivity contribution in [1.29, 1.82) is 0 Å². The minimum absolute atomic E-state index is 0.0588. The molecule has 0 aliphatic carbocycles. The number of ketones is 1. The highest BCUT2D eigenvalue weighted by Crippen LogP contribution is 2.24. The van der Waals surface area contributed by atoms with E-state index in [0.717, 1.165) is 11.3 Å². The van der Waals surface area contributed by atoms with E-state index in [1.807, 2.05) is 78.9 Å². The van der Waals surface area contributed by atoms with Gasteiger partial charge in [-0.05, 0) is 17.7 Å². The highest BCUT2D eigenvalue weighted by molar-refractivity contribution is 6.00. The van der Waals surface area contributed by atoms with Gasteiger partial charge < -0.3 is 0 Å². The van der Waals surface area contributed by atoms with Crippen LogP contribution in [0.3, 0.4) is 0 Å². The van der Waals surface area contributed by atoms with Gasteiger partial charge >= 0.3 is 0 Å². The van der Waals surface area contributed by atoms with Gasteiger partial charge in [0, 0.05) is 5.56 Å². The van der Waals surface area contributed by atoms with Crippen LogP contribution < -0.4 is 0 Å². The first kappa shape index (κ1) is 14.9. The zero-order chi connectivity index (χ0) is 15.9. The van der Waals surface area contributed by atoms with Crippen molar-refractivity contribution in [2.24, 2.45) is 10.2 Å². The summed E-state index contributed by atoms with van der Waals surface area (Å²) in [5.74, 6) is -0.0588. The zero-order valence-electron chi connectivity index (χ0n) is 12.5. The zero-order valence-corrected chi connectivity index (χ0v) is 12.5. The molecule has 3 heteroatoms. The van der Waals surface area contributed by atoms with Crippen LogP contribution in [0.15, 0.2) is 101 Å². The summed E-state index contributed by atoms with van der Waals surface area (Å²) >= 11 is 0. The average molecular weight is 300 g/mol. The van der Waals surface area contributed by atoms with E-state index in [9.17, 15) is 4.79 Å². The molecule has 23 heavy (non-hydrogen) atoms. The van der Waals surface area contributed by atoms with Gasteiger partial charge in [-0.15, -0.1) is 0 Å². The second-order valence-electron chi connectivity index (χ2n) is 5.09. The van der Waals surface area contributed by atoms with Crippen molar-refractivity contribution in [3.8, 4) is 0 Å². The Balaban J connectivity index is 1.95. The van der Waals surface area contributed by atoms with Crippen molar-refractivity contribution < 1.29 is 4.79 Å². The van der Waals surface area contributed by atoms with Gasteiger partial charge in [0.05, 0.1) is 5.69 Å². The number of hydrogen-bond acceptors (Lipinski definition) is 3. The molecule has 0 aliphatic heterocycles. The number of benzene rings is 3. The lowest BCUT2D eigenvalue weighted by atomic mass is 9.98. The molecular formula is C20H16N2O. The summed E-state index contributed by atoms with van der Waals surface area (Å²) in [7, 11) is 0. The number of Topliss-reactive ketones (excluding diaryl/α,β-unsaturated/α-hetero) is 1. The van der Waals surface area contributed by atoms with Crippen LogP contribution in [-0.4, -0.2) is 5.78 Å². The maximum absolute atomic E-state index is 12.8. The second kappa shape index (κ2) is 7.27. The third-order valence-electron chi connectivity index (χ3n) is 3.47. The standard InChI is InChI=1S/C20H16N2O/c23-20(17-12-6-2-7-13-17)19(16-10-4-1-5-11-16)22-21-18-14-8-3-9-15-18/h1-15,19H. The first-order valence-electron chi connectivity index (χ1n) is 7.45. The summed E-state index contributed by atoms with van der Waals surface area (Å²) in [5.41, 5.74) is 2.20. The molecule has 0 heterocycles. The molecule has 0 fully saturated rings. The van der Waals surface area contributed by atoms with E-state index in [1.165, 1.54) is 0 Å². The molecule has 0 aliphatic rings. The summed E-state index contributed by atoms with van der Waals surface area (Å²) in [5, 5.41) is 8.55. The van der Waals surface area contributed by atoms with Crippen molar-refractivity contribution in [2.45, 2.75) is 6.04 Å². The van der Waals surface area contributed by atoms with Crippen molar-refractivity contribution in [1.82, 2.24) is 0 Å². The van der Waals surface area contributed by atoms with Gasteiger partial charge in [0.1, 0.15) is 0 Å². The van der Waals surface area contributed by atoms with E-state index < -0.39 is 6.04 Å². The molecule has 0 saturated carbocycles. The summed E-state index contributed by atoms with van der Waals surface area (Å²) in [6.45, 7) is 0.